The minimum atomic E-state index is -4.46. The number of hydrogen-bond acceptors (Lipinski definition) is 4. The molecule has 0 saturated carbocycles. The summed E-state index contributed by atoms with van der Waals surface area (Å²) in [6.07, 6.45) is -2.01. The summed E-state index contributed by atoms with van der Waals surface area (Å²) in [5.74, 6) is 0.337. The molecule has 0 spiro atoms. The van der Waals surface area contributed by atoms with E-state index in [-0.39, 0.29) is 17.0 Å². The molecule has 1 saturated heterocycles. The van der Waals surface area contributed by atoms with Crippen molar-refractivity contribution in [3.63, 3.8) is 0 Å². The van der Waals surface area contributed by atoms with E-state index in [1.54, 1.807) is 0 Å². The molecule has 1 N–H and O–H groups in total. The molecule has 1 aromatic rings. The van der Waals surface area contributed by atoms with Crippen LogP contribution in [0, 0.1) is 0 Å². The first-order chi connectivity index (χ1) is 12.2. The van der Waals surface area contributed by atoms with E-state index < -0.39 is 11.7 Å². The monoisotopic (exact) mass is 392 g/mol. The molecule has 1 aromatic heterocycles. The number of hydrogen-bond donors (Lipinski definition) is 1. The van der Waals surface area contributed by atoms with Crippen molar-refractivity contribution in [1.29, 1.82) is 0 Å². The molecule has 0 bridgehead atoms. The molecule has 2 heterocycles. The third-order valence-electron chi connectivity index (χ3n) is 4.42. The van der Waals surface area contributed by atoms with Gasteiger partial charge in [0.2, 0.25) is 5.91 Å². The van der Waals surface area contributed by atoms with E-state index in [2.05, 4.69) is 10.3 Å². The van der Waals surface area contributed by atoms with Gasteiger partial charge in [0.1, 0.15) is 5.82 Å². The summed E-state index contributed by atoms with van der Waals surface area (Å²) in [5, 5.41) is 2.92. The van der Waals surface area contributed by atoms with Gasteiger partial charge in [-0.15, -0.1) is 0 Å². The van der Waals surface area contributed by atoms with E-state index in [9.17, 15) is 18.0 Å². The lowest BCUT2D eigenvalue weighted by Gasteiger charge is -2.24. The van der Waals surface area contributed by atoms with E-state index in [4.69, 9.17) is 11.6 Å². The van der Waals surface area contributed by atoms with Crippen molar-refractivity contribution >= 4 is 23.3 Å². The summed E-state index contributed by atoms with van der Waals surface area (Å²) in [6, 6.07) is 1.05. The summed E-state index contributed by atoms with van der Waals surface area (Å²) >= 11 is 6.03. The van der Waals surface area contributed by atoms with Crippen LogP contribution in [-0.4, -0.2) is 54.6 Å². The van der Waals surface area contributed by atoms with Crippen LogP contribution < -0.4 is 10.2 Å². The van der Waals surface area contributed by atoms with Crippen LogP contribution in [0.4, 0.5) is 19.0 Å². The molecule has 146 valence electrons. The fourth-order valence-electron chi connectivity index (χ4n) is 2.78. The Bertz CT molecular complexity index is 627. The molecule has 1 aliphatic heterocycles. The number of nitrogens with zero attached hydrogens (tertiary/aromatic N) is 3. The summed E-state index contributed by atoms with van der Waals surface area (Å²) in [7, 11) is 0. The normalized spacial score (nSPS) is 17.7. The summed E-state index contributed by atoms with van der Waals surface area (Å²) in [5.41, 5.74) is -0.857. The third-order valence-corrected chi connectivity index (χ3v) is 4.70. The van der Waals surface area contributed by atoms with Crippen LogP contribution >= 0.6 is 11.6 Å². The van der Waals surface area contributed by atoms with Gasteiger partial charge in [-0.1, -0.05) is 18.5 Å². The molecule has 0 aliphatic carbocycles. The van der Waals surface area contributed by atoms with Gasteiger partial charge in [0, 0.05) is 38.4 Å². The maximum atomic E-state index is 12.7. The highest BCUT2D eigenvalue weighted by Crippen LogP contribution is 2.33. The topological polar surface area (TPSA) is 48.5 Å². The van der Waals surface area contributed by atoms with E-state index in [1.165, 1.54) is 0 Å². The van der Waals surface area contributed by atoms with Gasteiger partial charge < -0.3 is 10.2 Å². The molecule has 5 nitrogen and oxygen atoms in total. The van der Waals surface area contributed by atoms with E-state index >= 15 is 0 Å². The predicted octanol–water partition coefficient (Wildman–Crippen LogP) is 3.18. The van der Waals surface area contributed by atoms with Crippen LogP contribution in [0.5, 0.6) is 0 Å². The highest BCUT2D eigenvalue weighted by Gasteiger charge is 2.32. The van der Waals surface area contributed by atoms with Gasteiger partial charge in [-0.3, -0.25) is 9.69 Å². The summed E-state index contributed by atoms with van der Waals surface area (Å²) < 4.78 is 38.2. The minimum Gasteiger partial charge on any atom is -0.354 e. The van der Waals surface area contributed by atoms with Crippen LogP contribution in [0.25, 0.3) is 0 Å². The Labute approximate surface area is 156 Å². The van der Waals surface area contributed by atoms with E-state index in [0.29, 0.717) is 32.0 Å². The summed E-state index contributed by atoms with van der Waals surface area (Å²) in [6.45, 7) is 6.81. The number of alkyl halides is 3. The Hall–Kier alpha value is -1.54. The van der Waals surface area contributed by atoms with Crippen molar-refractivity contribution < 1.29 is 18.0 Å². The zero-order valence-corrected chi connectivity index (χ0v) is 15.7. The molecular weight excluding hydrogens is 369 g/mol. The first kappa shape index (κ1) is 20.8. The number of carbonyl (C=O) groups excluding carboxylic acids is 1. The number of nitrogens with one attached hydrogen (secondary N) is 1. The number of amides is 1. The van der Waals surface area contributed by atoms with E-state index in [1.807, 2.05) is 23.6 Å². The quantitative estimate of drug-likeness (QED) is 0.836. The van der Waals surface area contributed by atoms with Crippen LogP contribution in [-0.2, 0) is 11.0 Å². The van der Waals surface area contributed by atoms with Gasteiger partial charge in [-0.2, -0.15) is 13.2 Å². The highest BCUT2D eigenvalue weighted by atomic mass is 35.5. The molecule has 9 heteroatoms. The number of halogens is 4. The first-order valence-electron chi connectivity index (χ1n) is 8.70. The van der Waals surface area contributed by atoms with Crippen LogP contribution in [0.3, 0.4) is 0 Å². The Kier molecular flexibility index (Phi) is 7.11. The van der Waals surface area contributed by atoms with Gasteiger partial charge in [0.25, 0.3) is 0 Å². The fraction of sp³-hybridized carbons (Fsp3) is 0.647. The van der Waals surface area contributed by atoms with Crippen molar-refractivity contribution in [3.8, 4) is 0 Å². The van der Waals surface area contributed by atoms with Crippen LogP contribution in [0.1, 0.15) is 32.3 Å². The largest absolute Gasteiger partial charge is 0.417 e. The van der Waals surface area contributed by atoms with Crippen molar-refractivity contribution in [2.24, 2.45) is 0 Å². The molecule has 1 aliphatic rings. The second-order valence-electron chi connectivity index (χ2n) is 6.52. The Morgan fingerprint density at radius 3 is 2.69 bits per heavy atom. The fourth-order valence-corrected chi connectivity index (χ4v) is 3.07. The smallest absolute Gasteiger partial charge is 0.354 e. The second kappa shape index (κ2) is 8.90. The SMILES string of the molecule is CCC(C)NC(=O)CN1CCCN(c2ncc(C(F)(F)F)cc2Cl)CC1. The van der Waals surface area contributed by atoms with Gasteiger partial charge in [0.15, 0.2) is 0 Å². The van der Waals surface area contributed by atoms with Crippen molar-refractivity contribution in [2.45, 2.75) is 38.9 Å². The average molecular weight is 393 g/mol. The van der Waals surface area contributed by atoms with Gasteiger partial charge in [0.05, 0.1) is 17.1 Å². The number of aromatic nitrogens is 1. The lowest BCUT2D eigenvalue weighted by molar-refractivity contribution is -0.137. The molecule has 2 rings (SSSR count). The molecule has 0 radical (unpaired) electrons. The average Bonchev–Trinajstić information content (AvgIpc) is 2.79. The number of anilines is 1. The zero-order chi connectivity index (χ0) is 19.3. The van der Waals surface area contributed by atoms with E-state index in [0.717, 1.165) is 31.6 Å². The number of carbonyl (C=O) groups is 1. The zero-order valence-electron chi connectivity index (χ0n) is 14.9. The molecular formula is C17H24ClF3N4O. The number of pyridine rings is 1. The predicted molar refractivity (Wildman–Crippen MR) is 95.4 cm³/mol. The standard InChI is InChI=1S/C17H24ClF3N4O/c1-3-12(2)23-15(26)11-24-5-4-6-25(8-7-24)16-14(18)9-13(10-22-16)17(19,20)21/h9-10,12H,3-8,11H2,1-2H3,(H,23,26). The van der Waals surface area contributed by atoms with Gasteiger partial charge in [-0.05, 0) is 25.8 Å². The maximum Gasteiger partial charge on any atom is 0.417 e. The Balaban J connectivity index is 1.97. The Morgan fingerprint density at radius 1 is 1.35 bits per heavy atom. The van der Waals surface area contributed by atoms with Crippen molar-refractivity contribution in [3.05, 3.63) is 22.8 Å². The van der Waals surface area contributed by atoms with Crippen LogP contribution in [0.15, 0.2) is 12.3 Å². The minimum absolute atomic E-state index is 0.0113. The molecule has 1 unspecified atom stereocenters. The van der Waals surface area contributed by atoms with Gasteiger partial charge in [-0.25, -0.2) is 4.98 Å². The molecule has 1 fully saturated rings. The first-order valence-corrected chi connectivity index (χ1v) is 9.08. The maximum absolute atomic E-state index is 12.7. The summed E-state index contributed by atoms with van der Waals surface area (Å²) in [4.78, 5) is 19.9. The van der Waals surface area contributed by atoms with Crippen molar-refractivity contribution in [2.75, 3.05) is 37.6 Å². The number of rotatable bonds is 5. The Morgan fingerprint density at radius 2 is 2.08 bits per heavy atom. The highest BCUT2D eigenvalue weighted by molar-refractivity contribution is 6.33. The third kappa shape index (κ3) is 5.74. The van der Waals surface area contributed by atoms with Crippen LogP contribution in [0.2, 0.25) is 5.02 Å². The van der Waals surface area contributed by atoms with Gasteiger partial charge >= 0.3 is 6.18 Å². The second-order valence-corrected chi connectivity index (χ2v) is 6.93. The molecule has 0 aromatic carbocycles. The van der Waals surface area contributed by atoms with Crippen molar-refractivity contribution in [1.82, 2.24) is 15.2 Å². The molecule has 1 amide bonds. The lowest BCUT2D eigenvalue weighted by Crippen LogP contribution is -2.42. The molecule has 26 heavy (non-hydrogen) atoms. The lowest BCUT2D eigenvalue weighted by atomic mass is 10.2. The molecule has 1 atom stereocenters.